The van der Waals surface area contributed by atoms with E-state index in [0.29, 0.717) is 19.0 Å². The molecule has 1 N–H and O–H groups in total. The van der Waals surface area contributed by atoms with Gasteiger partial charge in [0.1, 0.15) is 0 Å². The minimum absolute atomic E-state index is 0.00356. The zero-order chi connectivity index (χ0) is 17.8. The van der Waals surface area contributed by atoms with Gasteiger partial charge in [0, 0.05) is 24.2 Å². The number of carboxylic acids is 1. The summed E-state index contributed by atoms with van der Waals surface area (Å²) in [6, 6.07) is 7.82. The van der Waals surface area contributed by atoms with E-state index in [1.54, 1.807) is 4.90 Å². The largest absolute Gasteiger partial charge is 0.481 e. The Balaban J connectivity index is 1.56. The van der Waals surface area contributed by atoms with Crippen LogP contribution in [0.5, 0.6) is 0 Å². The molecule has 1 amide bonds. The molecule has 1 saturated heterocycles. The minimum Gasteiger partial charge on any atom is -0.481 e. The van der Waals surface area contributed by atoms with Gasteiger partial charge in [-0.05, 0) is 55.6 Å². The number of carbonyl (C=O) groups is 2. The maximum absolute atomic E-state index is 13.5. The average Bonchev–Trinajstić information content (AvgIpc) is 3.21. The Labute approximate surface area is 152 Å². The van der Waals surface area contributed by atoms with E-state index in [-0.39, 0.29) is 11.8 Å². The topological polar surface area (TPSA) is 70.5 Å². The Hall–Kier alpha value is -2.43. The third kappa shape index (κ3) is 2.41. The monoisotopic (exact) mass is 350 g/mol. The molecule has 5 heteroatoms. The number of nitrogens with zero attached hydrogens (tertiary/aromatic N) is 2. The highest BCUT2D eigenvalue weighted by atomic mass is 16.4. The van der Waals surface area contributed by atoms with E-state index in [9.17, 15) is 14.7 Å². The lowest BCUT2D eigenvalue weighted by Crippen LogP contribution is -2.31. The fraction of sp³-hybridized carbons (Fsp3) is 0.476. The molecule has 2 atom stereocenters. The van der Waals surface area contributed by atoms with Gasteiger partial charge in [-0.3, -0.25) is 14.6 Å². The Morgan fingerprint density at radius 3 is 2.69 bits per heavy atom. The van der Waals surface area contributed by atoms with Gasteiger partial charge in [0.05, 0.1) is 17.0 Å². The van der Waals surface area contributed by atoms with Gasteiger partial charge in [-0.2, -0.15) is 0 Å². The number of carbonyl (C=O) groups excluding carboxylic acids is 1. The maximum Gasteiger partial charge on any atom is 0.308 e. The molecule has 2 aromatic rings. The molecule has 0 spiro atoms. The summed E-state index contributed by atoms with van der Waals surface area (Å²) in [5.74, 6) is -0.600. The number of likely N-dealkylation sites (tertiary alicyclic amines) is 1. The number of hydrogen-bond donors (Lipinski definition) is 1. The molecule has 0 radical (unpaired) electrons. The number of aliphatic carboxylic acids is 1. The summed E-state index contributed by atoms with van der Waals surface area (Å²) in [5, 5.41) is 10.5. The van der Waals surface area contributed by atoms with E-state index < -0.39 is 11.9 Å². The SMILES string of the molecule is O=C(O)[C@H]1CN(C(=O)c2c3c(nc4ccccc24)CCC3)C[C@@H]1C1CC1. The lowest BCUT2D eigenvalue weighted by atomic mass is 9.92. The number of rotatable bonds is 3. The van der Waals surface area contributed by atoms with Crippen molar-refractivity contribution >= 4 is 22.8 Å². The summed E-state index contributed by atoms with van der Waals surface area (Å²) < 4.78 is 0. The van der Waals surface area contributed by atoms with Crippen molar-refractivity contribution in [1.82, 2.24) is 9.88 Å². The van der Waals surface area contributed by atoms with Crippen LogP contribution < -0.4 is 0 Å². The Kier molecular flexibility index (Phi) is 3.52. The zero-order valence-corrected chi connectivity index (χ0v) is 14.6. The number of pyridine rings is 1. The van der Waals surface area contributed by atoms with Crippen LogP contribution in [0.3, 0.4) is 0 Å². The third-order valence-corrected chi connectivity index (χ3v) is 6.33. The number of carboxylic acid groups (broad SMARTS) is 1. The molecule has 1 aliphatic heterocycles. The van der Waals surface area contributed by atoms with Crippen molar-refractivity contribution in [2.45, 2.75) is 32.1 Å². The highest BCUT2D eigenvalue weighted by Gasteiger charge is 2.47. The van der Waals surface area contributed by atoms with Gasteiger partial charge in [0.15, 0.2) is 0 Å². The van der Waals surface area contributed by atoms with Crippen LogP contribution in [0.2, 0.25) is 0 Å². The van der Waals surface area contributed by atoms with Crippen molar-refractivity contribution in [1.29, 1.82) is 0 Å². The van der Waals surface area contributed by atoms with E-state index in [1.165, 1.54) is 0 Å². The van der Waals surface area contributed by atoms with Gasteiger partial charge in [-0.1, -0.05) is 18.2 Å². The van der Waals surface area contributed by atoms with Crippen LogP contribution in [-0.2, 0) is 17.6 Å². The molecular formula is C21H22N2O3. The number of hydrogen-bond acceptors (Lipinski definition) is 3. The number of amides is 1. The second-order valence-electron chi connectivity index (χ2n) is 7.94. The van der Waals surface area contributed by atoms with Gasteiger partial charge in [-0.25, -0.2) is 0 Å². The van der Waals surface area contributed by atoms with E-state index in [2.05, 4.69) is 0 Å². The standard InChI is InChI=1S/C21H22N2O3/c24-20(23-10-15(12-8-9-12)16(11-23)21(25)26)19-13-4-1-2-6-17(13)22-18-7-3-5-14(18)19/h1-2,4,6,12,15-16H,3,5,7-11H2,(H,25,26)/t15-,16+/m1/s1. The predicted octanol–water partition coefficient (Wildman–Crippen LogP) is 2.91. The number of benzene rings is 1. The first-order chi connectivity index (χ1) is 12.6. The molecule has 5 rings (SSSR count). The molecule has 0 unspecified atom stereocenters. The Morgan fingerprint density at radius 2 is 1.92 bits per heavy atom. The van der Waals surface area contributed by atoms with Gasteiger partial charge >= 0.3 is 5.97 Å². The molecule has 134 valence electrons. The van der Waals surface area contributed by atoms with Crippen molar-refractivity contribution in [3.8, 4) is 0 Å². The Morgan fingerprint density at radius 1 is 1.12 bits per heavy atom. The first kappa shape index (κ1) is 15.8. The highest BCUT2D eigenvalue weighted by molar-refractivity contribution is 6.08. The molecule has 0 bridgehead atoms. The number of aromatic nitrogens is 1. The molecule has 1 aromatic heterocycles. The van der Waals surface area contributed by atoms with Gasteiger partial charge in [0.2, 0.25) is 0 Å². The maximum atomic E-state index is 13.5. The van der Waals surface area contributed by atoms with Gasteiger partial charge in [0.25, 0.3) is 5.91 Å². The fourth-order valence-electron chi connectivity index (χ4n) is 4.87. The van der Waals surface area contributed by atoms with Crippen LogP contribution in [0.1, 0.15) is 40.9 Å². The quantitative estimate of drug-likeness (QED) is 0.924. The highest BCUT2D eigenvalue weighted by Crippen LogP contribution is 2.44. The summed E-state index contributed by atoms with van der Waals surface area (Å²) in [6.45, 7) is 0.909. The molecule has 2 heterocycles. The average molecular weight is 350 g/mol. The zero-order valence-electron chi connectivity index (χ0n) is 14.6. The van der Waals surface area contributed by atoms with Crippen LogP contribution in [0.4, 0.5) is 0 Å². The second-order valence-corrected chi connectivity index (χ2v) is 7.94. The Bertz CT molecular complexity index is 919. The molecule has 1 saturated carbocycles. The van der Waals surface area contributed by atoms with Crippen molar-refractivity contribution in [2.75, 3.05) is 13.1 Å². The second kappa shape index (κ2) is 5.79. The van der Waals surface area contributed by atoms with E-state index in [1.807, 2.05) is 24.3 Å². The van der Waals surface area contributed by atoms with Crippen LogP contribution in [0.15, 0.2) is 24.3 Å². The summed E-state index contributed by atoms with van der Waals surface area (Å²) in [5.41, 5.74) is 3.75. The molecule has 5 nitrogen and oxygen atoms in total. The summed E-state index contributed by atoms with van der Waals surface area (Å²) >= 11 is 0. The lowest BCUT2D eigenvalue weighted by Gasteiger charge is -2.20. The van der Waals surface area contributed by atoms with Crippen molar-refractivity contribution in [3.63, 3.8) is 0 Å². The molecule has 3 aliphatic rings. The minimum atomic E-state index is -0.762. The number of aryl methyl sites for hydroxylation is 1. The van der Waals surface area contributed by atoms with Crippen molar-refractivity contribution < 1.29 is 14.7 Å². The number of fused-ring (bicyclic) bond motifs is 2. The summed E-state index contributed by atoms with van der Waals surface area (Å²) in [4.78, 5) is 31.7. The molecule has 2 fully saturated rings. The normalized spacial score (nSPS) is 24.8. The number of para-hydroxylation sites is 1. The summed E-state index contributed by atoms with van der Waals surface area (Å²) in [6.07, 6.45) is 5.04. The van der Waals surface area contributed by atoms with E-state index >= 15 is 0 Å². The van der Waals surface area contributed by atoms with Gasteiger partial charge in [-0.15, -0.1) is 0 Å². The van der Waals surface area contributed by atoms with Crippen molar-refractivity contribution in [3.05, 3.63) is 41.1 Å². The molecule has 26 heavy (non-hydrogen) atoms. The van der Waals surface area contributed by atoms with Crippen molar-refractivity contribution in [2.24, 2.45) is 17.8 Å². The first-order valence-corrected chi connectivity index (χ1v) is 9.56. The van der Waals surface area contributed by atoms with Crippen LogP contribution in [0.25, 0.3) is 10.9 Å². The van der Waals surface area contributed by atoms with Crippen LogP contribution in [0, 0.1) is 17.8 Å². The molecule has 2 aliphatic carbocycles. The predicted molar refractivity (Wildman–Crippen MR) is 97.0 cm³/mol. The van der Waals surface area contributed by atoms with E-state index in [0.717, 1.165) is 59.8 Å². The van der Waals surface area contributed by atoms with E-state index in [4.69, 9.17) is 4.98 Å². The fourth-order valence-corrected chi connectivity index (χ4v) is 4.87. The van der Waals surface area contributed by atoms with Gasteiger partial charge < -0.3 is 10.0 Å². The molecular weight excluding hydrogens is 328 g/mol. The molecule has 1 aromatic carbocycles. The van der Waals surface area contributed by atoms with Crippen LogP contribution >= 0.6 is 0 Å². The first-order valence-electron chi connectivity index (χ1n) is 9.56. The smallest absolute Gasteiger partial charge is 0.308 e. The lowest BCUT2D eigenvalue weighted by molar-refractivity contribution is -0.142. The van der Waals surface area contributed by atoms with Crippen LogP contribution in [-0.4, -0.2) is 40.0 Å². The summed E-state index contributed by atoms with van der Waals surface area (Å²) in [7, 11) is 0. The third-order valence-electron chi connectivity index (χ3n) is 6.33.